The Balaban J connectivity index is 1.55. The molecule has 0 saturated carbocycles. The van der Waals surface area contributed by atoms with Crippen molar-refractivity contribution in [1.29, 1.82) is 0 Å². The van der Waals surface area contributed by atoms with Gasteiger partial charge in [0.05, 0.1) is 32.2 Å². The number of alkyl carbamates (subject to hydrolysis) is 1. The first-order chi connectivity index (χ1) is 19.0. The molecule has 40 heavy (non-hydrogen) atoms. The number of nitrogens with zero attached hydrogens (tertiary/aromatic N) is 1. The van der Waals surface area contributed by atoms with Crippen molar-refractivity contribution in [2.45, 2.75) is 66.1 Å². The van der Waals surface area contributed by atoms with Crippen molar-refractivity contribution in [3.05, 3.63) is 59.1 Å². The third-order valence-electron chi connectivity index (χ3n) is 7.36. The quantitative estimate of drug-likeness (QED) is 0.171. The van der Waals surface area contributed by atoms with Gasteiger partial charge in [-0.05, 0) is 74.8 Å². The maximum absolute atomic E-state index is 13.1. The standard InChI is InChI=1S/C32H45ClN2O5/c1-24(2)29(21-34-31(37)40-32(3,4)5)30(36)39-23-35(17-9-6-10-18-35)19-20-38-22-26-11-7-8-12-28(26)25-13-15-27(33)16-14-25/h7-8,11-16,24,29H,6,9-10,17-23H2,1-5H3/p+1. The number of benzene rings is 2. The second-order valence-corrected chi connectivity index (χ2v) is 12.6. The third-order valence-corrected chi connectivity index (χ3v) is 7.61. The molecule has 1 fully saturated rings. The van der Waals surface area contributed by atoms with E-state index in [2.05, 4.69) is 17.4 Å². The highest BCUT2D eigenvalue weighted by molar-refractivity contribution is 6.30. The summed E-state index contributed by atoms with van der Waals surface area (Å²) in [4.78, 5) is 25.2. The van der Waals surface area contributed by atoms with Crippen LogP contribution in [0.3, 0.4) is 0 Å². The zero-order chi connectivity index (χ0) is 29.2. The molecule has 1 aliphatic heterocycles. The van der Waals surface area contributed by atoms with Crippen LogP contribution in [0.1, 0.15) is 59.4 Å². The molecule has 1 unspecified atom stereocenters. The molecule has 1 heterocycles. The molecule has 0 spiro atoms. The molecule has 1 atom stereocenters. The van der Waals surface area contributed by atoms with Crippen LogP contribution in [0.25, 0.3) is 11.1 Å². The van der Waals surface area contributed by atoms with Gasteiger partial charge in [0.2, 0.25) is 6.73 Å². The second-order valence-electron chi connectivity index (χ2n) is 12.1. The molecule has 1 aliphatic rings. The van der Waals surface area contributed by atoms with E-state index in [1.165, 1.54) is 6.42 Å². The first-order valence-electron chi connectivity index (χ1n) is 14.4. The first-order valence-corrected chi connectivity index (χ1v) is 14.8. The Kier molecular flexibility index (Phi) is 11.9. The van der Waals surface area contributed by atoms with Crippen LogP contribution in [-0.2, 0) is 25.6 Å². The van der Waals surface area contributed by atoms with Crippen LogP contribution in [0.15, 0.2) is 48.5 Å². The normalized spacial score (nSPS) is 15.9. The van der Waals surface area contributed by atoms with Gasteiger partial charge in [0.25, 0.3) is 0 Å². The summed E-state index contributed by atoms with van der Waals surface area (Å²) in [5.74, 6) is -0.716. The minimum atomic E-state index is -0.594. The number of hydrogen-bond acceptors (Lipinski definition) is 5. The predicted octanol–water partition coefficient (Wildman–Crippen LogP) is 6.82. The van der Waals surface area contributed by atoms with E-state index in [0.717, 1.165) is 49.2 Å². The summed E-state index contributed by atoms with van der Waals surface area (Å²) >= 11 is 6.08. The molecule has 220 valence electrons. The molecule has 2 aromatic carbocycles. The minimum absolute atomic E-state index is 0.0151. The van der Waals surface area contributed by atoms with Crippen molar-refractivity contribution >= 4 is 23.7 Å². The molecule has 1 amide bonds. The maximum atomic E-state index is 13.1. The van der Waals surface area contributed by atoms with Crippen molar-refractivity contribution in [2.75, 3.05) is 39.5 Å². The highest BCUT2D eigenvalue weighted by Gasteiger charge is 2.33. The van der Waals surface area contributed by atoms with Crippen molar-refractivity contribution in [3.63, 3.8) is 0 Å². The lowest BCUT2D eigenvalue weighted by molar-refractivity contribution is -0.948. The summed E-state index contributed by atoms with van der Waals surface area (Å²) in [6.45, 7) is 13.6. The Bertz CT molecular complexity index is 1090. The van der Waals surface area contributed by atoms with Crippen LogP contribution in [0.4, 0.5) is 4.79 Å². The summed E-state index contributed by atoms with van der Waals surface area (Å²) in [5.41, 5.74) is 2.77. The van der Waals surface area contributed by atoms with Crippen molar-refractivity contribution in [1.82, 2.24) is 5.32 Å². The minimum Gasteiger partial charge on any atom is -0.444 e. The van der Waals surface area contributed by atoms with Crippen LogP contribution in [0, 0.1) is 11.8 Å². The molecule has 2 aromatic rings. The second kappa shape index (κ2) is 14.9. The third kappa shape index (κ3) is 10.1. The van der Waals surface area contributed by atoms with Crippen LogP contribution in [0.2, 0.25) is 5.02 Å². The SMILES string of the molecule is CC(C)C(CNC(=O)OC(C)(C)C)C(=O)OC[N+]1(CCOCc2ccccc2-c2ccc(Cl)cc2)CCCCC1. The van der Waals surface area contributed by atoms with E-state index in [1.807, 2.05) is 71.0 Å². The molecule has 1 saturated heterocycles. The summed E-state index contributed by atoms with van der Waals surface area (Å²) in [5, 5.41) is 3.45. The van der Waals surface area contributed by atoms with E-state index < -0.39 is 17.6 Å². The van der Waals surface area contributed by atoms with E-state index in [-0.39, 0.29) is 18.4 Å². The fourth-order valence-corrected chi connectivity index (χ4v) is 5.13. The number of likely N-dealkylation sites (tertiary alicyclic amines) is 1. The monoisotopic (exact) mass is 573 g/mol. The Morgan fingerprint density at radius 2 is 1.68 bits per heavy atom. The molecular formula is C32H46ClN2O5+. The Morgan fingerprint density at radius 3 is 2.33 bits per heavy atom. The molecule has 0 radical (unpaired) electrons. The smallest absolute Gasteiger partial charge is 0.407 e. The molecule has 0 bridgehead atoms. The summed E-state index contributed by atoms with van der Waals surface area (Å²) in [7, 11) is 0. The number of halogens is 1. The number of nitrogens with one attached hydrogen (secondary N) is 1. The summed E-state index contributed by atoms with van der Waals surface area (Å²) in [6.07, 6.45) is 2.87. The zero-order valence-corrected chi connectivity index (χ0v) is 25.5. The van der Waals surface area contributed by atoms with E-state index in [4.69, 9.17) is 25.8 Å². The maximum Gasteiger partial charge on any atom is 0.407 e. The number of piperidine rings is 1. The van der Waals surface area contributed by atoms with Gasteiger partial charge in [-0.15, -0.1) is 0 Å². The Hall–Kier alpha value is -2.61. The van der Waals surface area contributed by atoms with Crippen LogP contribution >= 0.6 is 11.6 Å². The van der Waals surface area contributed by atoms with Crippen molar-refractivity contribution in [3.8, 4) is 11.1 Å². The van der Waals surface area contributed by atoms with Crippen LogP contribution < -0.4 is 5.32 Å². The van der Waals surface area contributed by atoms with Gasteiger partial charge in [-0.3, -0.25) is 9.28 Å². The first kappa shape index (κ1) is 31.9. The highest BCUT2D eigenvalue weighted by Crippen LogP contribution is 2.26. The van der Waals surface area contributed by atoms with E-state index in [1.54, 1.807) is 0 Å². The van der Waals surface area contributed by atoms with Gasteiger partial charge in [-0.1, -0.05) is 61.8 Å². The lowest BCUT2D eigenvalue weighted by Crippen LogP contribution is -2.55. The van der Waals surface area contributed by atoms with Gasteiger partial charge < -0.3 is 19.5 Å². The number of amides is 1. The number of rotatable bonds is 12. The number of hydrogen-bond donors (Lipinski definition) is 1. The summed E-state index contributed by atoms with van der Waals surface area (Å²) in [6, 6.07) is 16.1. The highest BCUT2D eigenvalue weighted by atomic mass is 35.5. The molecule has 7 nitrogen and oxygen atoms in total. The summed E-state index contributed by atoms with van der Waals surface area (Å²) < 4.78 is 18.1. The zero-order valence-electron chi connectivity index (χ0n) is 24.7. The molecule has 1 N–H and O–H groups in total. The number of carbonyl (C=O) groups excluding carboxylic acids is 2. The lowest BCUT2D eigenvalue weighted by atomic mass is 9.96. The number of esters is 1. The fraction of sp³-hybridized carbons (Fsp3) is 0.562. The van der Waals surface area contributed by atoms with Gasteiger partial charge in [0, 0.05) is 11.6 Å². The number of carbonyl (C=O) groups is 2. The molecule has 3 rings (SSSR count). The lowest BCUT2D eigenvalue weighted by Gasteiger charge is -2.40. The van der Waals surface area contributed by atoms with Gasteiger partial charge >= 0.3 is 12.1 Å². The van der Waals surface area contributed by atoms with Crippen molar-refractivity contribution < 1.29 is 28.3 Å². The Morgan fingerprint density at radius 1 is 1.00 bits per heavy atom. The average Bonchev–Trinajstić information content (AvgIpc) is 2.90. The fourth-order valence-electron chi connectivity index (χ4n) is 5.00. The predicted molar refractivity (Wildman–Crippen MR) is 159 cm³/mol. The molecule has 0 aromatic heterocycles. The van der Waals surface area contributed by atoms with Crippen LogP contribution in [-0.4, -0.2) is 61.7 Å². The van der Waals surface area contributed by atoms with Gasteiger partial charge in [0.15, 0.2) is 0 Å². The van der Waals surface area contributed by atoms with E-state index in [0.29, 0.717) is 29.5 Å². The average molecular weight is 574 g/mol. The van der Waals surface area contributed by atoms with Crippen LogP contribution in [0.5, 0.6) is 0 Å². The van der Waals surface area contributed by atoms with Crippen molar-refractivity contribution in [2.24, 2.45) is 11.8 Å². The van der Waals surface area contributed by atoms with E-state index in [9.17, 15) is 9.59 Å². The van der Waals surface area contributed by atoms with Gasteiger partial charge in [0.1, 0.15) is 12.1 Å². The molecule has 0 aliphatic carbocycles. The Labute approximate surface area is 244 Å². The van der Waals surface area contributed by atoms with E-state index >= 15 is 0 Å². The largest absolute Gasteiger partial charge is 0.444 e. The number of quaternary nitrogens is 1. The van der Waals surface area contributed by atoms with Gasteiger partial charge in [-0.2, -0.15) is 0 Å². The topological polar surface area (TPSA) is 73.9 Å². The van der Waals surface area contributed by atoms with Gasteiger partial charge in [-0.25, -0.2) is 4.79 Å². The number of ether oxygens (including phenoxy) is 3. The molecular weight excluding hydrogens is 528 g/mol. The molecule has 8 heteroatoms.